The molecule has 0 saturated heterocycles. The van der Waals surface area contributed by atoms with Crippen molar-refractivity contribution in [2.45, 2.75) is 13.3 Å². The summed E-state index contributed by atoms with van der Waals surface area (Å²) in [5.74, 6) is 0.449. The Labute approximate surface area is 76.0 Å². The lowest BCUT2D eigenvalue weighted by Gasteiger charge is -2.06. The molecule has 0 saturated carbocycles. The van der Waals surface area contributed by atoms with E-state index in [0.717, 1.165) is 17.0 Å². The number of rotatable bonds is 0. The Morgan fingerprint density at radius 1 is 1.62 bits per heavy atom. The summed E-state index contributed by atoms with van der Waals surface area (Å²) in [6.07, 6.45) is 6.58. The molecule has 0 fully saturated rings. The van der Waals surface area contributed by atoms with E-state index in [9.17, 15) is 4.79 Å². The maximum atomic E-state index is 11.6. The van der Waals surface area contributed by atoms with Crippen LogP contribution in [0, 0.1) is 5.92 Å². The van der Waals surface area contributed by atoms with Crippen molar-refractivity contribution < 1.29 is 0 Å². The molecule has 1 aromatic rings. The van der Waals surface area contributed by atoms with Crippen molar-refractivity contribution in [2.75, 3.05) is 0 Å². The number of hydrogen-bond acceptors (Lipinski definition) is 2. The molecule has 1 heterocycles. The minimum absolute atomic E-state index is 0.0489. The predicted molar refractivity (Wildman–Crippen MR) is 51.4 cm³/mol. The monoisotopic (exact) mass is 176 g/mol. The summed E-state index contributed by atoms with van der Waals surface area (Å²) < 4.78 is 1.52. The molecule has 0 bridgehead atoms. The molecule has 1 unspecified atom stereocenters. The molecular weight excluding hydrogens is 164 g/mol. The fourth-order valence-electron chi connectivity index (χ4n) is 1.54. The third-order valence-electron chi connectivity index (χ3n) is 2.33. The number of hydrogen-bond donors (Lipinski definition) is 0. The van der Waals surface area contributed by atoms with Crippen LogP contribution >= 0.6 is 0 Å². The van der Waals surface area contributed by atoms with E-state index in [-0.39, 0.29) is 5.56 Å². The van der Waals surface area contributed by atoms with Gasteiger partial charge >= 0.3 is 0 Å². The molecule has 68 valence electrons. The van der Waals surface area contributed by atoms with Crippen LogP contribution in [0.15, 0.2) is 11.1 Å². The minimum atomic E-state index is 0.0489. The smallest absolute Gasteiger partial charge is 0.260 e. The van der Waals surface area contributed by atoms with Gasteiger partial charge in [0.1, 0.15) is 0 Å². The Kier molecular flexibility index (Phi) is 1.79. The van der Waals surface area contributed by atoms with Gasteiger partial charge in [-0.1, -0.05) is 19.1 Å². The maximum Gasteiger partial charge on any atom is 0.260 e. The van der Waals surface area contributed by atoms with E-state index in [1.807, 2.05) is 12.2 Å². The van der Waals surface area contributed by atoms with Gasteiger partial charge in [-0.25, -0.2) is 4.98 Å². The zero-order chi connectivity index (χ0) is 9.42. The molecule has 3 heteroatoms. The summed E-state index contributed by atoms with van der Waals surface area (Å²) in [6.45, 7) is 2.10. The Balaban J connectivity index is 2.91. The molecule has 2 rings (SSSR count). The van der Waals surface area contributed by atoms with Crippen LogP contribution in [-0.2, 0) is 7.05 Å². The summed E-state index contributed by atoms with van der Waals surface area (Å²) in [5, 5.41) is 1.59. The van der Waals surface area contributed by atoms with Crippen molar-refractivity contribution in [3.63, 3.8) is 0 Å². The average molecular weight is 176 g/mol. The molecule has 0 spiro atoms. The van der Waals surface area contributed by atoms with Crippen molar-refractivity contribution in [1.82, 2.24) is 9.55 Å². The quantitative estimate of drug-likeness (QED) is 0.528. The summed E-state index contributed by atoms with van der Waals surface area (Å²) >= 11 is 0. The molecule has 0 radical (unpaired) electrons. The summed E-state index contributed by atoms with van der Waals surface area (Å²) in [5.41, 5.74) is 0.0489. The van der Waals surface area contributed by atoms with Gasteiger partial charge in [-0.3, -0.25) is 4.79 Å². The van der Waals surface area contributed by atoms with Crippen molar-refractivity contribution in [3.05, 3.63) is 27.2 Å². The summed E-state index contributed by atoms with van der Waals surface area (Å²) in [7, 11) is 1.72. The molecule has 0 amide bonds. The lowest BCUT2D eigenvalue weighted by atomic mass is 10.0. The summed E-state index contributed by atoms with van der Waals surface area (Å²) in [4.78, 5) is 15.8. The molecule has 0 aliphatic heterocycles. The van der Waals surface area contributed by atoms with Crippen LogP contribution in [0.2, 0.25) is 0 Å². The molecule has 0 aromatic carbocycles. The van der Waals surface area contributed by atoms with Gasteiger partial charge in [-0.05, 0) is 12.3 Å². The number of fused-ring (bicyclic) bond motifs is 1. The first-order valence-corrected chi connectivity index (χ1v) is 4.42. The van der Waals surface area contributed by atoms with E-state index >= 15 is 0 Å². The zero-order valence-corrected chi connectivity index (χ0v) is 7.82. The number of aryl methyl sites for hydroxylation is 1. The first kappa shape index (κ1) is 8.23. The fraction of sp³-hybridized carbons (Fsp3) is 0.400. The van der Waals surface area contributed by atoms with Crippen LogP contribution in [0.3, 0.4) is 0 Å². The van der Waals surface area contributed by atoms with Crippen LogP contribution in [0.5, 0.6) is 0 Å². The lowest BCUT2D eigenvalue weighted by molar-refractivity contribution is 0.761. The highest BCUT2D eigenvalue weighted by atomic mass is 16.1. The van der Waals surface area contributed by atoms with Crippen LogP contribution in [-0.4, -0.2) is 9.55 Å². The van der Waals surface area contributed by atoms with Crippen LogP contribution in [0.4, 0.5) is 0 Å². The second kappa shape index (κ2) is 2.83. The molecular formula is C10H12N2O. The van der Waals surface area contributed by atoms with Gasteiger partial charge in [0.2, 0.25) is 0 Å². The lowest BCUT2D eigenvalue weighted by Crippen LogP contribution is -2.47. The normalized spacial score (nSPS) is 20.0. The van der Waals surface area contributed by atoms with Gasteiger partial charge in [0.15, 0.2) is 0 Å². The molecule has 1 atom stereocenters. The maximum absolute atomic E-state index is 11.6. The largest absolute Gasteiger partial charge is 0.302 e. The van der Waals surface area contributed by atoms with Crippen molar-refractivity contribution in [2.24, 2.45) is 13.0 Å². The van der Waals surface area contributed by atoms with Gasteiger partial charge in [0, 0.05) is 7.05 Å². The Morgan fingerprint density at radius 3 is 3.15 bits per heavy atom. The third kappa shape index (κ3) is 1.30. The van der Waals surface area contributed by atoms with Gasteiger partial charge in [0.25, 0.3) is 5.56 Å². The topological polar surface area (TPSA) is 34.9 Å². The molecule has 1 aromatic heterocycles. The standard InChI is InChI=1S/C10H12N2O/c1-7-3-4-9-8(5-7)10(13)12(2)6-11-9/h4-7H,3H2,1-2H3. The second-order valence-corrected chi connectivity index (χ2v) is 3.54. The van der Waals surface area contributed by atoms with E-state index in [4.69, 9.17) is 0 Å². The Hall–Kier alpha value is -1.38. The van der Waals surface area contributed by atoms with E-state index < -0.39 is 0 Å². The highest BCUT2D eigenvalue weighted by molar-refractivity contribution is 5.36. The number of aromatic nitrogens is 2. The van der Waals surface area contributed by atoms with Gasteiger partial charge < -0.3 is 4.57 Å². The molecule has 1 aliphatic carbocycles. The fourth-order valence-corrected chi connectivity index (χ4v) is 1.54. The van der Waals surface area contributed by atoms with Crippen LogP contribution in [0.1, 0.15) is 13.3 Å². The average Bonchev–Trinajstić information content (AvgIpc) is 2.12. The number of nitrogens with zero attached hydrogens (tertiary/aromatic N) is 2. The van der Waals surface area contributed by atoms with E-state index in [0.29, 0.717) is 5.92 Å². The molecule has 0 N–H and O–H groups in total. The summed E-state index contributed by atoms with van der Waals surface area (Å²) in [6, 6.07) is 0. The Bertz CT molecular complexity index is 499. The van der Waals surface area contributed by atoms with Gasteiger partial charge in [-0.15, -0.1) is 0 Å². The minimum Gasteiger partial charge on any atom is -0.302 e. The van der Waals surface area contributed by atoms with E-state index in [1.165, 1.54) is 4.57 Å². The van der Waals surface area contributed by atoms with Gasteiger partial charge in [-0.2, -0.15) is 0 Å². The van der Waals surface area contributed by atoms with Crippen molar-refractivity contribution in [3.8, 4) is 0 Å². The van der Waals surface area contributed by atoms with Gasteiger partial charge in [0.05, 0.1) is 16.9 Å². The van der Waals surface area contributed by atoms with Crippen LogP contribution < -0.4 is 16.1 Å². The molecule has 13 heavy (non-hydrogen) atoms. The Morgan fingerprint density at radius 2 is 2.38 bits per heavy atom. The highest BCUT2D eigenvalue weighted by Crippen LogP contribution is 2.04. The van der Waals surface area contributed by atoms with E-state index in [2.05, 4.69) is 11.9 Å². The first-order valence-electron chi connectivity index (χ1n) is 4.42. The van der Waals surface area contributed by atoms with E-state index in [1.54, 1.807) is 13.4 Å². The highest BCUT2D eigenvalue weighted by Gasteiger charge is 2.04. The van der Waals surface area contributed by atoms with Crippen molar-refractivity contribution in [1.29, 1.82) is 0 Å². The second-order valence-electron chi connectivity index (χ2n) is 3.54. The zero-order valence-electron chi connectivity index (χ0n) is 7.82. The third-order valence-corrected chi connectivity index (χ3v) is 2.33. The molecule has 3 nitrogen and oxygen atoms in total. The molecule has 1 aliphatic rings. The first-order chi connectivity index (χ1) is 6.18. The SMILES string of the molecule is CC1C=c2c(ncn(C)c2=O)=CC1. The van der Waals surface area contributed by atoms with Crippen molar-refractivity contribution >= 4 is 12.2 Å². The predicted octanol–water partition coefficient (Wildman–Crippen LogP) is -0.619. The van der Waals surface area contributed by atoms with Crippen LogP contribution in [0.25, 0.3) is 12.2 Å².